The Labute approximate surface area is 121 Å². The molecular weight excluding hydrogens is 256 g/mol. The van der Waals surface area contributed by atoms with Gasteiger partial charge in [0, 0.05) is 24.7 Å². The van der Waals surface area contributed by atoms with Crippen LogP contribution in [0.5, 0.6) is 0 Å². The fraction of sp³-hybridized carbons (Fsp3) is 0.375. The van der Waals surface area contributed by atoms with E-state index in [0.29, 0.717) is 0 Å². The van der Waals surface area contributed by atoms with Gasteiger partial charge in [0.1, 0.15) is 0 Å². The fourth-order valence-electron chi connectivity index (χ4n) is 2.16. The third-order valence-electron chi connectivity index (χ3n) is 3.33. The average molecular weight is 279 g/mol. The smallest absolute Gasteiger partial charge is 0.0536 e. The van der Waals surface area contributed by atoms with Gasteiger partial charge in [0.05, 0.1) is 5.54 Å². The minimum atomic E-state index is -0.378. The molecule has 1 aromatic carbocycles. The molecule has 0 saturated carbocycles. The Morgan fingerprint density at radius 2 is 1.74 bits per heavy atom. The minimum Gasteiger partial charge on any atom is -0.320 e. The molecule has 1 atom stereocenters. The molecule has 0 fully saturated rings. The van der Waals surface area contributed by atoms with Crippen LogP contribution in [-0.2, 0) is 5.54 Å². The number of nitrogens with two attached hydrogens (primary N) is 1. The highest BCUT2D eigenvalue weighted by Crippen LogP contribution is 2.25. The fourth-order valence-corrected chi connectivity index (χ4v) is 2.28. The summed E-state index contributed by atoms with van der Waals surface area (Å²) >= 11 is 5.93. The molecule has 1 rings (SSSR count). The zero-order valence-corrected chi connectivity index (χ0v) is 12.4. The Bertz CT molecular complexity index is 403. The number of benzene rings is 1. The van der Waals surface area contributed by atoms with E-state index in [1.165, 1.54) is 0 Å². The molecule has 0 bridgehead atoms. The maximum absolute atomic E-state index is 6.58. The van der Waals surface area contributed by atoms with Gasteiger partial charge in [-0.25, -0.2) is 0 Å². The van der Waals surface area contributed by atoms with E-state index in [-0.39, 0.29) is 5.54 Å². The molecule has 2 nitrogen and oxygen atoms in total. The van der Waals surface area contributed by atoms with E-state index in [2.05, 4.69) is 25.0 Å². The van der Waals surface area contributed by atoms with Crippen molar-refractivity contribution >= 4 is 11.6 Å². The van der Waals surface area contributed by atoms with E-state index in [1.807, 2.05) is 36.4 Å². The van der Waals surface area contributed by atoms with Crippen molar-refractivity contribution in [2.24, 2.45) is 5.73 Å². The summed E-state index contributed by atoms with van der Waals surface area (Å²) in [7, 11) is 0. The van der Waals surface area contributed by atoms with E-state index in [0.717, 1.165) is 36.6 Å². The molecule has 0 aromatic heterocycles. The van der Waals surface area contributed by atoms with Gasteiger partial charge in [0.25, 0.3) is 0 Å². The largest absolute Gasteiger partial charge is 0.320 e. The zero-order valence-electron chi connectivity index (χ0n) is 11.6. The number of halogens is 1. The molecule has 0 aliphatic heterocycles. The quantitative estimate of drug-likeness (QED) is 0.737. The molecule has 0 aliphatic rings. The lowest BCUT2D eigenvalue weighted by molar-refractivity contribution is 0.239. The molecule has 0 radical (unpaired) electrons. The molecule has 1 unspecified atom stereocenters. The average Bonchev–Trinajstić information content (AvgIpc) is 2.40. The van der Waals surface area contributed by atoms with Crippen LogP contribution in [0.25, 0.3) is 0 Å². The highest BCUT2D eigenvalue weighted by Gasteiger charge is 2.27. The van der Waals surface area contributed by atoms with Crippen LogP contribution in [0.1, 0.15) is 18.9 Å². The Balaban J connectivity index is 2.91. The van der Waals surface area contributed by atoms with Crippen molar-refractivity contribution in [2.45, 2.75) is 18.9 Å². The van der Waals surface area contributed by atoms with Gasteiger partial charge >= 0.3 is 0 Å². The molecule has 1 aromatic rings. The summed E-state index contributed by atoms with van der Waals surface area (Å²) in [5.74, 6) is 0. The first-order valence-electron chi connectivity index (χ1n) is 6.54. The molecular formula is C16H23ClN2. The number of nitrogens with zero attached hydrogens (tertiary/aromatic N) is 1. The molecule has 0 heterocycles. The van der Waals surface area contributed by atoms with Crippen molar-refractivity contribution < 1.29 is 0 Å². The normalized spacial score (nSPS) is 14.1. The van der Waals surface area contributed by atoms with Crippen LogP contribution >= 0.6 is 11.6 Å². The lowest BCUT2D eigenvalue weighted by atomic mass is 9.87. The molecule has 0 saturated heterocycles. The van der Waals surface area contributed by atoms with Gasteiger partial charge in [-0.15, -0.1) is 13.2 Å². The SMILES string of the molecule is C=CCN(CC=C)CC(N)(CC)c1ccc(Cl)cc1. The van der Waals surface area contributed by atoms with E-state index >= 15 is 0 Å². The highest BCUT2D eigenvalue weighted by molar-refractivity contribution is 6.30. The summed E-state index contributed by atoms with van der Waals surface area (Å²) in [5, 5.41) is 0.733. The molecule has 2 N–H and O–H groups in total. The van der Waals surface area contributed by atoms with Crippen LogP contribution in [0.4, 0.5) is 0 Å². The molecule has 0 amide bonds. The second-order valence-electron chi connectivity index (χ2n) is 4.79. The Hall–Kier alpha value is -1.09. The van der Waals surface area contributed by atoms with Crippen molar-refractivity contribution in [1.29, 1.82) is 0 Å². The van der Waals surface area contributed by atoms with E-state index < -0.39 is 0 Å². The van der Waals surface area contributed by atoms with Gasteiger partial charge in [-0.2, -0.15) is 0 Å². The van der Waals surface area contributed by atoms with Gasteiger partial charge in [0.2, 0.25) is 0 Å². The standard InChI is InChI=1S/C16H23ClN2/c1-4-11-19(12-5-2)13-16(18,6-3)14-7-9-15(17)10-8-14/h4-5,7-10H,1-2,6,11-13,18H2,3H3. The lowest BCUT2D eigenvalue weighted by Gasteiger charge is -2.34. The molecule has 104 valence electrons. The van der Waals surface area contributed by atoms with Gasteiger partial charge in [0.15, 0.2) is 0 Å². The van der Waals surface area contributed by atoms with Crippen LogP contribution in [0.3, 0.4) is 0 Å². The zero-order chi connectivity index (χ0) is 14.3. The summed E-state index contributed by atoms with van der Waals surface area (Å²) < 4.78 is 0. The highest BCUT2D eigenvalue weighted by atomic mass is 35.5. The first kappa shape index (κ1) is 16.0. The maximum atomic E-state index is 6.58. The third-order valence-corrected chi connectivity index (χ3v) is 3.58. The minimum absolute atomic E-state index is 0.378. The number of rotatable bonds is 8. The molecule has 0 spiro atoms. The van der Waals surface area contributed by atoms with Crippen molar-refractivity contribution in [3.05, 3.63) is 60.2 Å². The summed E-state index contributed by atoms with van der Waals surface area (Å²) in [6.45, 7) is 12.1. The van der Waals surface area contributed by atoms with E-state index in [9.17, 15) is 0 Å². The monoisotopic (exact) mass is 278 g/mol. The maximum Gasteiger partial charge on any atom is 0.0536 e. The van der Waals surface area contributed by atoms with Gasteiger partial charge in [-0.05, 0) is 24.1 Å². The van der Waals surface area contributed by atoms with Gasteiger partial charge in [-0.3, -0.25) is 4.90 Å². The van der Waals surface area contributed by atoms with Gasteiger partial charge in [-0.1, -0.05) is 42.8 Å². The van der Waals surface area contributed by atoms with Crippen molar-refractivity contribution in [3.8, 4) is 0 Å². The van der Waals surface area contributed by atoms with Crippen LogP contribution in [0.15, 0.2) is 49.6 Å². The lowest BCUT2D eigenvalue weighted by Crippen LogP contribution is -2.47. The van der Waals surface area contributed by atoms with Crippen LogP contribution in [-0.4, -0.2) is 24.5 Å². The summed E-state index contributed by atoms with van der Waals surface area (Å²) in [6.07, 6.45) is 4.64. The third kappa shape index (κ3) is 4.50. The summed E-state index contributed by atoms with van der Waals surface area (Å²) in [6, 6.07) is 7.79. The second kappa shape index (κ2) is 7.49. The van der Waals surface area contributed by atoms with Crippen molar-refractivity contribution in [3.63, 3.8) is 0 Å². The van der Waals surface area contributed by atoms with Crippen molar-refractivity contribution in [1.82, 2.24) is 4.90 Å². The second-order valence-corrected chi connectivity index (χ2v) is 5.22. The Morgan fingerprint density at radius 1 is 1.21 bits per heavy atom. The Kier molecular flexibility index (Phi) is 6.29. The van der Waals surface area contributed by atoms with Crippen LogP contribution < -0.4 is 5.73 Å². The van der Waals surface area contributed by atoms with Gasteiger partial charge < -0.3 is 5.73 Å². The molecule has 3 heteroatoms. The summed E-state index contributed by atoms with van der Waals surface area (Å²) in [4.78, 5) is 2.23. The van der Waals surface area contributed by atoms with E-state index in [4.69, 9.17) is 17.3 Å². The first-order valence-corrected chi connectivity index (χ1v) is 6.92. The predicted octanol–water partition coefficient (Wildman–Crippen LogP) is 3.58. The summed E-state index contributed by atoms with van der Waals surface area (Å²) in [5.41, 5.74) is 7.31. The molecule has 19 heavy (non-hydrogen) atoms. The predicted molar refractivity (Wildman–Crippen MR) is 84.4 cm³/mol. The first-order chi connectivity index (χ1) is 9.05. The van der Waals surface area contributed by atoms with E-state index in [1.54, 1.807) is 0 Å². The van der Waals surface area contributed by atoms with Crippen LogP contribution in [0, 0.1) is 0 Å². The molecule has 0 aliphatic carbocycles. The number of hydrogen-bond donors (Lipinski definition) is 1. The topological polar surface area (TPSA) is 29.3 Å². The van der Waals surface area contributed by atoms with Crippen LogP contribution in [0.2, 0.25) is 5.02 Å². The Morgan fingerprint density at radius 3 is 2.16 bits per heavy atom. The van der Waals surface area contributed by atoms with Crippen molar-refractivity contribution in [2.75, 3.05) is 19.6 Å². The number of hydrogen-bond acceptors (Lipinski definition) is 2.